The smallest absolute Gasteiger partial charge is 0.219 e. The SMILES string of the molecule is CC(=O)N1CCC(C(=O)c2ccc(Cl)cc2O)CC1. The van der Waals surface area contributed by atoms with E-state index in [0.717, 1.165) is 0 Å². The number of Topliss-reactive ketones (excluding diaryl/α,β-unsaturated/α-hetero) is 1. The number of carbonyl (C=O) groups is 2. The molecule has 0 bridgehead atoms. The van der Waals surface area contributed by atoms with Crippen molar-refractivity contribution < 1.29 is 14.7 Å². The molecule has 102 valence electrons. The molecule has 0 radical (unpaired) electrons. The number of benzene rings is 1. The molecule has 19 heavy (non-hydrogen) atoms. The highest BCUT2D eigenvalue weighted by atomic mass is 35.5. The molecule has 4 nitrogen and oxygen atoms in total. The van der Waals surface area contributed by atoms with Gasteiger partial charge in [-0.15, -0.1) is 0 Å². The van der Waals surface area contributed by atoms with Crippen LogP contribution in [0, 0.1) is 5.92 Å². The van der Waals surface area contributed by atoms with Crippen LogP contribution < -0.4 is 0 Å². The van der Waals surface area contributed by atoms with Gasteiger partial charge in [-0.25, -0.2) is 0 Å². The summed E-state index contributed by atoms with van der Waals surface area (Å²) in [6, 6.07) is 4.52. The summed E-state index contributed by atoms with van der Waals surface area (Å²) in [6.45, 7) is 2.73. The molecule has 0 aromatic heterocycles. The first-order valence-electron chi connectivity index (χ1n) is 6.27. The van der Waals surface area contributed by atoms with Crippen LogP contribution in [-0.2, 0) is 4.79 Å². The maximum Gasteiger partial charge on any atom is 0.219 e. The van der Waals surface area contributed by atoms with E-state index < -0.39 is 0 Å². The Hall–Kier alpha value is -1.55. The van der Waals surface area contributed by atoms with E-state index in [0.29, 0.717) is 36.5 Å². The molecule has 2 rings (SSSR count). The van der Waals surface area contributed by atoms with Crippen molar-refractivity contribution in [3.63, 3.8) is 0 Å². The number of ketones is 1. The van der Waals surface area contributed by atoms with Gasteiger partial charge >= 0.3 is 0 Å². The normalized spacial score (nSPS) is 16.4. The fraction of sp³-hybridized carbons (Fsp3) is 0.429. The molecule has 1 N–H and O–H groups in total. The number of phenols is 1. The Morgan fingerprint density at radius 3 is 2.47 bits per heavy atom. The maximum absolute atomic E-state index is 12.3. The first-order valence-corrected chi connectivity index (χ1v) is 6.65. The summed E-state index contributed by atoms with van der Waals surface area (Å²) in [6.07, 6.45) is 1.28. The lowest BCUT2D eigenvalue weighted by molar-refractivity contribution is -0.130. The summed E-state index contributed by atoms with van der Waals surface area (Å²) in [5.74, 6) is -0.244. The van der Waals surface area contributed by atoms with Crippen molar-refractivity contribution in [2.45, 2.75) is 19.8 Å². The fourth-order valence-corrected chi connectivity index (χ4v) is 2.56. The molecule has 5 heteroatoms. The van der Waals surface area contributed by atoms with Crippen molar-refractivity contribution in [3.8, 4) is 5.75 Å². The molecular formula is C14H16ClNO3. The number of likely N-dealkylation sites (tertiary alicyclic amines) is 1. The highest BCUT2D eigenvalue weighted by Crippen LogP contribution is 2.28. The number of amides is 1. The Bertz CT molecular complexity index is 507. The molecule has 1 aromatic carbocycles. The minimum Gasteiger partial charge on any atom is -0.507 e. The molecule has 1 heterocycles. The second-order valence-corrected chi connectivity index (χ2v) is 5.24. The second kappa shape index (κ2) is 5.61. The van der Waals surface area contributed by atoms with E-state index in [-0.39, 0.29) is 23.4 Å². The number of hydrogen-bond donors (Lipinski definition) is 1. The lowest BCUT2D eigenvalue weighted by atomic mass is 9.88. The Kier molecular flexibility index (Phi) is 4.10. The average molecular weight is 282 g/mol. The number of aromatic hydroxyl groups is 1. The third kappa shape index (κ3) is 3.07. The van der Waals surface area contributed by atoms with E-state index in [4.69, 9.17) is 11.6 Å². The minimum atomic E-state index is -0.136. The molecule has 0 saturated carbocycles. The summed E-state index contributed by atoms with van der Waals surface area (Å²) < 4.78 is 0. The van der Waals surface area contributed by atoms with Crippen LogP contribution in [-0.4, -0.2) is 34.8 Å². The van der Waals surface area contributed by atoms with Crippen molar-refractivity contribution >= 4 is 23.3 Å². The van der Waals surface area contributed by atoms with Crippen LogP contribution >= 0.6 is 11.6 Å². The van der Waals surface area contributed by atoms with Gasteiger partial charge in [0, 0.05) is 31.0 Å². The molecule has 1 saturated heterocycles. The zero-order chi connectivity index (χ0) is 14.0. The largest absolute Gasteiger partial charge is 0.507 e. The quantitative estimate of drug-likeness (QED) is 0.847. The standard InChI is InChI=1S/C14H16ClNO3/c1-9(17)16-6-4-10(5-7-16)14(19)12-3-2-11(15)8-13(12)18/h2-3,8,10,18H,4-7H2,1H3. The van der Waals surface area contributed by atoms with Gasteiger partial charge in [0.2, 0.25) is 5.91 Å². The van der Waals surface area contributed by atoms with E-state index >= 15 is 0 Å². The van der Waals surface area contributed by atoms with Crippen molar-refractivity contribution in [2.75, 3.05) is 13.1 Å². The monoisotopic (exact) mass is 281 g/mol. The topological polar surface area (TPSA) is 57.6 Å². The van der Waals surface area contributed by atoms with Crippen LogP contribution in [0.3, 0.4) is 0 Å². The Labute approximate surface area is 117 Å². The first kappa shape index (κ1) is 13.9. The summed E-state index contributed by atoms with van der Waals surface area (Å²) in [4.78, 5) is 25.3. The number of piperidine rings is 1. The van der Waals surface area contributed by atoms with Crippen LogP contribution in [0.4, 0.5) is 0 Å². The lowest BCUT2D eigenvalue weighted by Gasteiger charge is -2.30. The molecule has 1 amide bonds. The van der Waals surface area contributed by atoms with Crippen LogP contribution in [0.5, 0.6) is 5.75 Å². The summed E-state index contributed by atoms with van der Waals surface area (Å²) >= 11 is 5.75. The Morgan fingerprint density at radius 1 is 1.32 bits per heavy atom. The van der Waals surface area contributed by atoms with E-state index in [9.17, 15) is 14.7 Å². The van der Waals surface area contributed by atoms with Crippen molar-refractivity contribution in [3.05, 3.63) is 28.8 Å². The number of halogens is 1. The van der Waals surface area contributed by atoms with E-state index in [1.807, 2.05) is 0 Å². The van der Waals surface area contributed by atoms with E-state index in [2.05, 4.69) is 0 Å². The van der Waals surface area contributed by atoms with Crippen LogP contribution in [0.2, 0.25) is 5.02 Å². The van der Waals surface area contributed by atoms with E-state index in [1.165, 1.54) is 13.0 Å². The van der Waals surface area contributed by atoms with Gasteiger partial charge < -0.3 is 10.0 Å². The molecular weight excluding hydrogens is 266 g/mol. The Morgan fingerprint density at radius 2 is 1.95 bits per heavy atom. The number of carbonyl (C=O) groups excluding carboxylic acids is 2. The molecule has 0 spiro atoms. The highest BCUT2D eigenvalue weighted by molar-refractivity contribution is 6.30. The van der Waals surface area contributed by atoms with Crippen LogP contribution in [0.1, 0.15) is 30.1 Å². The predicted octanol–water partition coefficient (Wildman–Crippen LogP) is 2.49. The molecule has 0 aliphatic carbocycles. The minimum absolute atomic E-state index is 0.0419. The van der Waals surface area contributed by atoms with Gasteiger partial charge in [-0.2, -0.15) is 0 Å². The molecule has 1 aliphatic heterocycles. The van der Waals surface area contributed by atoms with Crippen molar-refractivity contribution in [1.29, 1.82) is 0 Å². The van der Waals surface area contributed by atoms with Crippen molar-refractivity contribution in [2.24, 2.45) is 5.92 Å². The molecule has 1 aliphatic rings. The zero-order valence-electron chi connectivity index (χ0n) is 10.7. The van der Waals surface area contributed by atoms with Crippen LogP contribution in [0.15, 0.2) is 18.2 Å². The van der Waals surface area contributed by atoms with Gasteiger partial charge in [0.1, 0.15) is 5.75 Å². The number of nitrogens with zero attached hydrogens (tertiary/aromatic N) is 1. The van der Waals surface area contributed by atoms with E-state index in [1.54, 1.807) is 17.0 Å². The predicted molar refractivity (Wildman–Crippen MR) is 72.4 cm³/mol. The molecule has 0 atom stereocenters. The molecule has 1 aromatic rings. The van der Waals surface area contributed by atoms with Gasteiger partial charge in [-0.1, -0.05) is 11.6 Å². The number of rotatable bonds is 2. The van der Waals surface area contributed by atoms with Gasteiger partial charge in [-0.3, -0.25) is 9.59 Å². The molecule has 0 unspecified atom stereocenters. The third-order valence-electron chi connectivity index (χ3n) is 3.54. The third-order valence-corrected chi connectivity index (χ3v) is 3.77. The summed E-state index contributed by atoms with van der Waals surface area (Å²) in [5, 5.41) is 10.2. The Balaban J connectivity index is 2.07. The fourth-order valence-electron chi connectivity index (χ4n) is 2.39. The van der Waals surface area contributed by atoms with Gasteiger partial charge in [0.15, 0.2) is 5.78 Å². The average Bonchev–Trinajstić information content (AvgIpc) is 2.38. The molecule has 1 fully saturated rings. The number of hydrogen-bond acceptors (Lipinski definition) is 3. The zero-order valence-corrected chi connectivity index (χ0v) is 11.5. The lowest BCUT2D eigenvalue weighted by Crippen LogP contribution is -2.39. The highest BCUT2D eigenvalue weighted by Gasteiger charge is 2.28. The second-order valence-electron chi connectivity index (χ2n) is 4.81. The number of phenolic OH excluding ortho intramolecular Hbond substituents is 1. The summed E-state index contributed by atoms with van der Waals surface area (Å²) in [7, 11) is 0. The van der Waals surface area contributed by atoms with Crippen LogP contribution in [0.25, 0.3) is 0 Å². The van der Waals surface area contributed by atoms with Gasteiger partial charge in [0.25, 0.3) is 0 Å². The summed E-state index contributed by atoms with van der Waals surface area (Å²) in [5.41, 5.74) is 0.311. The van der Waals surface area contributed by atoms with Crippen molar-refractivity contribution in [1.82, 2.24) is 4.90 Å². The maximum atomic E-state index is 12.3. The van der Waals surface area contributed by atoms with Gasteiger partial charge in [-0.05, 0) is 31.0 Å². The van der Waals surface area contributed by atoms with Gasteiger partial charge in [0.05, 0.1) is 5.56 Å². The first-order chi connectivity index (χ1) is 8.99.